The summed E-state index contributed by atoms with van der Waals surface area (Å²) in [7, 11) is 0. The van der Waals surface area contributed by atoms with Crippen molar-refractivity contribution in [2.45, 2.75) is 257 Å². The Balaban J connectivity index is 4.58. The highest BCUT2D eigenvalue weighted by atomic mass is 16.5. The maximum Gasteiger partial charge on any atom is 0.306 e. The summed E-state index contributed by atoms with van der Waals surface area (Å²) in [6, 6.07) is -0.704. The standard InChI is InChI=1S/C49H91NO5/c1-4-7-10-13-16-19-22-24-27-29-32-35-38-41-47(52)46(44-51)50-48(53)43-45(40-37-34-31-28-26-23-20-17-14-11-8-5-2)55-49(54)42-39-36-33-30-25-21-18-15-12-9-6-3/h8,11,15,17-18,20,45-47,51-52H,4-7,9-10,12-14,16,19,21-44H2,1-3H3,(H,50,53)/b11-8+,18-15-,20-17+. The van der Waals surface area contributed by atoms with Crippen LogP contribution >= 0.6 is 0 Å². The Morgan fingerprint density at radius 1 is 0.545 bits per heavy atom. The smallest absolute Gasteiger partial charge is 0.306 e. The molecule has 6 heteroatoms. The van der Waals surface area contributed by atoms with Crippen LogP contribution in [0.25, 0.3) is 0 Å². The van der Waals surface area contributed by atoms with E-state index in [1.54, 1.807) is 0 Å². The van der Waals surface area contributed by atoms with Gasteiger partial charge in [-0.15, -0.1) is 0 Å². The molecule has 0 radical (unpaired) electrons. The van der Waals surface area contributed by atoms with E-state index in [9.17, 15) is 19.8 Å². The van der Waals surface area contributed by atoms with E-state index < -0.39 is 18.2 Å². The van der Waals surface area contributed by atoms with Gasteiger partial charge in [-0.1, -0.05) is 192 Å². The summed E-state index contributed by atoms with van der Waals surface area (Å²) >= 11 is 0. The maximum atomic E-state index is 13.1. The highest BCUT2D eigenvalue weighted by molar-refractivity contribution is 5.77. The number of esters is 1. The predicted molar refractivity (Wildman–Crippen MR) is 236 cm³/mol. The van der Waals surface area contributed by atoms with E-state index in [0.717, 1.165) is 83.5 Å². The van der Waals surface area contributed by atoms with Crippen LogP contribution in [0, 0.1) is 0 Å². The number of rotatable bonds is 42. The highest BCUT2D eigenvalue weighted by Gasteiger charge is 2.24. The average molecular weight is 774 g/mol. The summed E-state index contributed by atoms with van der Waals surface area (Å²) in [5.74, 6) is -0.496. The molecule has 0 fully saturated rings. The van der Waals surface area contributed by atoms with Gasteiger partial charge in [-0.05, 0) is 70.6 Å². The lowest BCUT2D eigenvalue weighted by Gasteiger charge is -2.24. The first-order valence-corrected chi connectivity index (χ1v) is 23.7. The lowest BCUT2D eigenvalue weighted by Crippen LogP contribution is -2.46. The molecule has 0 aliphatic carbocycles. The van der Waals surface area contributed by atoms with Gasteiger partial charge in [0.2, 0.25) is 5.91 Å². The molecule has 3 unspecified atom stereocenters. The predicted octanol–water partition coefficient (Wildman–Crippen LogP) is 13.7. The molecular weight excluding hydrogens is 683 g/mol. The number of aliphatic hydroxyl groups is 2. The first-order valence-electron chi connectivity index (χ1n) is 23.7. The Morgan fingerprint density at radius 2 is 1.00 bits per heavy atom. The number of carbonyl (C=O) groups is 2. The molecule has 0 aromatic carbocycles. The monoisotopic (exact) mass is 774 g/mol. The van der Waals surface area contributed by atoms with Crippen molar-refractivity contribution in [3.8, 4) is 0 Å². The summed E-state index contributed by atoms with van der Waals surface area (Å²) in [5, 5.41) is 23.7. The molecule has 0 aliphatic rings. The molecule has 1 amide bonds. The Morgan fingerprint density at radius 3 is 1.55 bits per heavy atom. The fourth-order valence-corrected chi connectivity index (χ4v) is 7.10. The molecule has 322 valence electrons. The summed E-state index contributed by atoms with van der Waals surface area (Å²) in [4.78, 5) is 26.0. The van der Waals surface area contributed by atoms with Crippen LogP contribution in [0.1, 0.15) is 239 Å². The van der Waals surface area contributed by atoms with Gasteiger partial charge in [0.1, 0.15) is 6.10 Å². The van der Waals surface area contributed by atoms with Crippen LogP contribution in [0.5, 0.6) is 0 Å². The van der Waals surface area contributed by atoms with E-state index in [4.69, 9.17) is 4.74 Å². The zero-order chi connectivity index (χ0) is 40.3. The third-order valence-corrected chi connectivity index (χ3v) is 10.7. The van der Waals surface area contributed by atoms with E-state index in [0.29, 0.717) is 19.3 Å². The number of hydrogen-bond acceptors (Lipinski definition) is 5. The molecule has 0 saturated carbocycles. The van der Waals surface area contributed by atoms with Crippen LogP contribution in [0.2, 0.25) is 0 Å². The van der Waals surface area contributed by atoms with Gasteiger partial charge in [0.05, 0.1) is 25.2 Å². The molecule has 0 aromatic rings. The van der Waals surface area contributed by atoms with Crippen molar-refractivity contribution in [1.82, 2.24) is 5.32 Å². The van der Waals surface area contributed by atoms with Gasteiger partial charge in [0, 0.05) is 6.42 Å². The number of amides is 1. The maximum absolute atomic E-state index is 13.1. The van der Waals surface area contributed by atoms with Crippen LogP contribution in [0.3, 0.4) is 0 Å². The van der Waals surface area contributed by atoms with Crippen molar-refractivity contribution in [3.05, 3.63) is 36.5 Å². The molecule has 3 N–H and O–H groups in total. The minimum absolute atomic E-state index is 0.0662. The molecular formula is C49H91NO5. The summed E-state index contributed by atoms with van der Waals surface area (Å²) in [5.41, 5.74) is 0. The van der Waals surface area contributed by atoms with E-state index in [1.807, 2.05) is 0 Å². The number of carbonyl (C=O) groups excluding carboxylic acids is 2. The van der Waals surface area contributed by atoms with Crippen molar-refractivity contribution >= 4 is 11.9 Å². The lowest BCUT2D eigenvalue weighted by molar-refractivity contribution is -0.151. The van der Waals surface area contributed by atoms with Gasteiger partial charge in [-0.3, -0.25) is 9.59 Å². The van der Waals surface area contributed by atoms with Gasteiger partial charge >= 0.3 is 5.97 Å². The van der Waals surface area contributed by atoms with Crippen LogP contribution < -0.4 is 5.32 Å². The Bertz CT molecular complexity index is 915. The molecule has 0 spiro atoms. The summed E-state index contributed by atoms with van der Waals surface area (Å²) in [6.07, 6.45) is 49.2. The zero-order valence-electron chi connectivity index (χ0n) is 36.6. The molecule has 0 rings (SSSR count). The lowest BCUT2D eigenvalue weighted by atomic mass is 10.0. The van der Waals surface area contributed by atoms with Gasteiger partial charge in [0.25, 0.3) is 0 Å². The second kappa shape index (κ2) is 43.2. The van der Waals surface area contributed by atoms with Crippen LogP contribution in [0.15, 0.2) is 36.5 Å². The van der Waals surface area contributed by atoms with Crippen molar-refractivity contribution in [2.24, 2.45) is 0 Å². The second-order valence-electron chi connectivity index (χ2n) is 16.1. The van der Waals surface area contributed by atoms with Crippen LogP contribution in [-0.2, 0) is 14.3 Å². The number of nitrogens with one attached hydrogen (secondary N) is 1. The largest absolute Gasteiger partial charge is 0.462 e. The molecule has 55 heavy (non-hydrogen) atoms. The highest BCUT2D eigenvalue weighted by Crippen LogP contribution is 2.17. The van der Waals surface area contributed by atoms with Gasteiger partial charge in [-0.2, -0.15) is 0 Å². The second-order valence-corrected chi connectivity index (χ2v) is 16.1. The molecule has 3 atom stereocenters. The molecule has 0 bridgehead atoms. The summed E-state index contributed by atoms with van der Waals surface area (Å²) in [6.45, 7) is 6.33. The number of hydrogen-bond donors (Lipinski definition) is 3. The Hall–Kier alpha value is -1.92. The number of ether oxygens (including phenoxy) is 1. The molecule has 6 nitrogen and oxygen atoms in total. The van der Waals surface area contributed by atoms with Gasteiger partial charge in [-0.25, -0.2) is 0 Å². The first-order chi connectivity index (χ1) is 27.0. The van der Waals surface area contributed by atoms with Crippen molar-refractivity contribution in [3.63, 3.8) is 0 Å². The number of allylic oxidation sites excluding steroid dienone is 6. The fraction of sp³-hybridized carbons (Fsp3) is 0.837. The van der Waals surface area contributed by atoms with E-state index >= 15 is 0 Å². The molecule has 0 saturated heterocycles. The van der Waals surface area contributed by atoms with E-state index in [1.165, 1.54) is 109 Å². The van der Waals surface area contributed by atoms with Crippen molar-refractivity contribution in [2.75, 3.05) is 6.61 Å². The third kappa shape index (κ3) is 38.7. The van der Waals surface area contributed by atoms with Gasteiger partial charge in [0.15, 0.2) is 0 Å². The fourth-order valence-electron chi connectivity index (χ4n) is 7.10. The van der Waals surface area contributed by atoms with Crippen molar-refractivity contribution in [1.29, 1.82) is 0 Å². The topological polar surface area (TPSA) is 95.9 Å². The SMILES string of the molecule is CC/C=C/C/C=C/CCCCCCCC(CC(=O)NC(CO)C(O)CCCCCCCCCCCCCCC)OC(=O)CCCCCCC/C=C\CCCC. The Kier molecular flexibility index (Phi) is 41.7. The first kappa shape index (κ1) is 53.1. The number of aliphatic hydroxyl groups excluding tert-OH is 2. The molecule has 0 aromatic heterocycles. The van der Waals surface area contributed by atoms with E-state index in [2.05, 4.69) is 62.5 Å². The Labute approximate surface area is 341 Å². The van der Waals surface area contributed by atoms with Crippen LogP contribution in [0.4, 0.5) is 0 Å². The average Bonchev–Trinajstić information content (AvgIpc) is 3.18. The molecule has 0 aliphatic heterocycles. The van der Waals surface area contributed by atoms with Gasteiger partial charge < -0.3 is 20.3 Å². The zero-order valence-corrected chi connectivity index (χ0v) is 36.6. The van der Waals surface area contributed by atoms with Crippen LogP contribution in [-0.4, -0.2) is 46.9 Å². The van der Waals surface area contributed by atoms with E-state index in [-0.39, 0.29) is 24.9 Å². The molecule has 0 heterocycles. The third-order valence-electron chi connectivity index (χ3n) is 10.7. The minimum atomic E-state index is -0.789. The van der Waals surface area contributed by atoms with Crippen molar-refractivity contribution < 1.29 is 24.5 Å². The number of unbranched alkanes of at least 4 members (excludes halogenated alkanes) is 24. The minimum Gasteiger partial charge on any atom is -0.462 e. The quantitative estimate of drug-likeness (QED) is 0.0326. The normalized spacial score (nSPS) is 13.6. The summed E-state index contributed by atoms with van der Waals surface area (Å²) < 4.78 is 5.89.